The smallest absolute Gasteiger partial charge is 0.217 e. The molecule has 1 amide bonds. The van der Waals surface area contributed by atoms with Gasteiger partial charge in [0.15, 0.2) is 5.96 Å². The molecule has 0 saturated carbocycles. The maximum atomic E-state index is 11.1. The normalized spacial score (nSPS) is 19.6. The number of hydrogen-bond donors (Lipinski definition) is 2. The summed E-state index contributed by atoms with van der Waals surface area (Å²) in [5.74, 6) is 1.09. The quantitative estimate of drug-likeness (QED) is 0.397. The maximum absolute atomic E-state index is 11.1. The summed E-state index contributed by atoms with van der Waals surface area (Å²) in [5, 5.41) is 3.34. The number of hydrogen-bond acceptors (Lipinski definition) is 3. The summed E-state index contributed by atoms with van der Waals surface area (Å²) < 4.78 is 5.33. The zero-order chi connectivity index (χ0) is 15.5. The minimum atomic E-state index is -0.208. The number of ether oxygens (including phenoxy) is 1. The van der Waals surface area contributed by atoms with Crippen molar-refractivity contribution in [3.63, 3.8) is 0 Å². The van der Waals surface area contributed by atoms with E-state index in [1.807, 2.05) is 6.92 Å². The van der Waals surface area contributed by atoms with Crippen LogP contribution >= 0.6 is 0 Å². The molecular formula is C15H30N4O2. The zero-order valence-corrected chi connectivity index (χ0v) is 13.4. The fourth-order valence-corrected chi connectivity index (χ4v) is 2.63. The number of aliphatic imine (C=N–C) groups is 1. The average molecular weight is 298 g/mol. The number of guanidine groups is 1. The molecule has 122 valence electrons. The van der Waals surface area contributed by atoms with Crippen molar-refractivity contribution in [1.82, 2.24) is 10.2 Å². The summed E-state index contributed by atoms with van der Waals surface area (Å²) in [5.41, 5.74) is 5.31. The first-order chi connectivity index (χ1) is 10.2. The number of rotatable bonds is 8. The Hall–Kier alpha value is -1.30. The molecule has 0 bridgehead atoms. The molecule has 1 saturated heterocycles. The van der Waals surface area contributed by atoms with Gasteiger partial charge in [-0.1, -0.05) is 0 Å². The van der Waals surface area contributed by atoms with E-state index in [0.717, 1.165) is 64.6 Å². The number of nitrogens with two attached hydrogens (primary N) is 1. The highest BCUT2D eigenvalue weighted by Crippen LogP contribution is 2.19. The van der Waals surface area contributed by atoms with Crippen LogP contribution in [0, 0.1) is 5.92 Å². The van der Waals surface area contributed by atoms with Crippen LogP contribution in [-0.2, 0) is 9.53 Å². The Labute approximate surface area is 128 Å². The Morgan fingerprint density at radius 1 is 1.48 bits per heavy atom. The van der Waals surface area contributed by atoms with Crippen molar-refractivity contribution in [2.45, 2.75) is 39.5 Å². The minimum Gasteiger partial charge on any atom is -0.382 e. The average Bonchev–Trinajstić information content (AvgIpc) is 2.45. The lowest BCUT2D eigenvalue weighted by Crippen LogP contribution is -2.47. The van der Waals surface area contributed by atoms with E-state index in [1.165, 1.54) is 0 Å². The molecule has 3 N–H and O–H groups in total. The first-order valence-electron chi connectivity index (χ1n) is 8.06. The van der Waals surface area contributed by atoms with Gasteiger partial charge in [0.05, 0.1) is 0 Å². The topological polar surface area (TPSA) is 80.0 Å². The number of nitrogens with one attached hydrogen (secondary N) is 1. The van der Waals surface area contributed by atoms with Crippen LogP contribution in [0.4, 0.5) is 0 Å². The van der Waals surface area contributed by atoms with E-state index in [9.17, 15) is 4.79 Å². The Kier molecular flexibility index (Phi) is 8.82. The molecule has 6 nitrogen and oxygen atoms in total. The number of likely N-dealkylation sites (tertiary alicyclic amines) is 1. The van der Waals surface area contributed by atoms with Crippen molar-refractivity contribution >= 4 is 11.9 Å². The Bertz CT molecular complexity index is 334. The van der Waals surface area contributed by atoms with Crippen LogP contribution in [0.5, 0.6) is 0 Å². The van der Waals surface area contributed by atoms with Gasteiger partial charge in [0.25, 0.3) is 0 Å². The molecule has 1 aliphatic rings. The monoisotopic (exact) mass is 298 g/mol. The van der Waals surface area contributed by atoms with Gasteiger partial charge in [0.2, 0.25) is 5.91 Å². The number of carbonyl (C=O) groups excluding carboxylic acids is 1. The third-order valence-electron chi connectivity index (χ3n) is 3.56. The van der Waals surface area contributed by atoms with E-state index in [4.69, 9.17) is 10.5 Å². The highest BCUT2D eigenvalue weighted by atomic mass is 16.5. The molecule has 6 heteroatoms. The number of carbonyl (C=O) groups is 1. The van der Waals surface area contributed by atoms with Crippen molar-refractivity contribution < 1.29 is 9.53 Å². The molecule has 1 aliphatic heterocycles. The van der Waals surface area contributed by atoms with Crippen LogP contribution in [-0.4, -0.2) is 56.2 Å². The summed E-state index contributed by atoms with van der Waals surface area (Å²) in [4.78, 5) is 18.0. The first-order valence-corrected chi connectivity index (χ1v) is 8.06. The molecule has 0 aromatic carbocycles. The van der Waals surface area contributed by atoms with Crippen LogP contribution < -0.4 is 11.1 Å². The van der Waals surface area contributed by atoms with Gasteiger partial charge in [-0.3, -0.25) is 9.79 Å². The van der Waals surface area contributed by atoms with Gasteiger partial charge in [-0.25, -0.2) is 0 Å². The molecule has 0 aliphatic carbocycles. The number of primary amides is 1. The van der Waals surface area contributed by atoms with Crippen LogP contribution in [0.2, 0.25) is 0 Å². The second-order valence-corrected chi connectivity index (χ2v) is 5.41. The van der Waals surface area contributed by atoms with Crippen molar-refractivity contribution in [2.24, 2.45) is 16.6 Å². The molecule has 0 radical (unpaired) electrons. The third-order valence-corrected chi connectivity index (χ3v) is 3.56. The standard InChI is InChI=1S/C15H30N4O2/c1-3-17-15(18-8-6-10-21-4-2)19-9-5-7-13(12-19)11-14(16)20/h13H,3-12H2,1-2H3,(H2,16,20)(H,17,18). The van der Waals surface area contributed by atoms with Gasteiger partial charge in [0.1, 0.15) is 0 Å². The van der Waals surface area contributed by atoms with Crippen LogP contribution in [0.3, 0.4) is 0 Å². The Balaban J connectivity index is 2.49. The Morgan fingerprint density at radius 2 is 2.29 bits per heavy atom. The maximum Gasteiger partial charge on any atom is 0.217 e. The van der Waals surface area contributed by atoms with Crippen LogP contribution in [0.1, 0.15) is 39.5 Å². The number of piperidine rings is 1. The summed E-state index contributed by atoms with van der Waals surface area (Å²) in [6, 6.07) is 0. The molecular weight excluding hydrogens is 268 g/mol. The van der Waals surface area contributed by atoms with E-state index in [2.05, 4.69) is 22.1 Å². The second kappa shape index (κ2) is 10.4. The molecule has 1 atom stereocenters. The highest BCUT2D eigenvalue weighted by molar-refractivity contribution is 5.80. The largest absolute Gasteiger partial charge is 0.382 e. The SMILES string of the molecule is CCNC(=NCCCOCC)N1CCCC(CC(N)=O)C1. The van der Waals surface area contributed by atoms with Gasteiger partial charge in [-0.15, -0.1) is 0 Å². The molecule has 1 fully saturated rings. The predicted octanol–water partition coefficient (Wildman–Crippen LogP) is 0.966. The van der Waals surface area contributed by atoms with Crippen molar-refractivity contribution in [1.29, 1.82) is 0 Å². The zero-order valence-electron chi connectivity index (χ0n) is 13.4. The fraction of sp³-hybridized carbons (Fsp3) is 0.867. The molecule has 21 heavy (non-hydrogen) atoms. The summed E-state index contributed by atoms with van der Waals surface area (Å²) >= 11 is 0. The van der Waals surface area contributed by atoms with Crippen LogP contribution in [0.15, 0.2) is 4.99 Å². The summed E-state index contributed by atoms with van der Waals surface area (Å²) in [6.07, 6.45) is 3.56. The lowest BCUT2D eigenvalue weighted by Gasteiger charge is -2.34. The lowest BCUT2D eigenvalue weighted by atomic mass is 9.95. The first kappa shape index (κ1) is 17.8. The summed E-state index contributed by atoms with van der Waals surface area (Å²) in [6.45, 7) is 9.04. The number of nitrogens with zero attached hydrogens (tertiary/aromatic N) is 2. The van der Waals surface area contributed by atoms with E-state index < -0.39 is 0 Å². The van der Waals surface area contributed by atoms with E-state index in [1.54, 1.807) is 0 Å². The van der Waals surface area contributed by atoms with E-state index >= 15 is 0 Å². The molecule has 0 aromatic heterocycles. The van der Waals surface area contributed by atoms with Crippen molar-refractivity contribution in [2.75, 3.05) is 39.4 Å². The van der Waals surface area contributed by atoms with Gasteiger partial charge in [-0.2, -0.15) is 0 Å². The molecule has 0 aromatic rings. The lowest BCUT2D eigenvalue weighted by molar-refractivity contribution is -0.119. The van der Waals surface area contributed by atoms with Crippen molar-refractivity contribution in [3.05, 3.63) is 0 Å². The van der Waals surface area contributed by atoms with Crippen molar-refractivity contribution in [3.8, 4) is 0 Å². The fourth-order valence-electron chi connectivity index (χ4n) is 2.63. The molecule has 1 heterocycles. The van der Waals surface area contributed by atoms with Gasteiger partial charge in [0, 0.05) is 45.8 Å². The van der Waals surface area contributed by atoms with Gasteiger partial charge in [-0.05, 0) is 39.0 Å². The van der Waals surface area contributed by atoms with E-state index in [0.29, 0.717) is 12.3 Å². The molecule has 1 unspecified atom stereocenters. The molecule has 0 spiro atoms. The summed E-state index contributed by atoms with van der Waals surface area (Å²) in [7, 11) is 0. The van der Waals surface area contributed by atoms with Gasteiger partial charge < -0.3 is 20.7 Å². The van der Waals surface area contributed by atoms with Gasteiger partial charge >= 0.3 is 0 Å². The predicted molar refractivity (Wildman–Crippen MR) is 85.2 cm³/mol. The highest BCUT2D eigenvalue weighted by Gasteiger charge is 2.23. The van der Waals surface area contributed by atoms with E-state index in [-0.39, 0.29) is 5.91 Å². The minimum absolute atomic E-state index is 0.208. The Morgan fingerprint density at radius 3 is 2.95 bits per heavy atom. The molecule has 1 rings (SSSR count). The second-order valence-electron chi connectivity index (χ2n) is 5.41. The van der Waals surface area contributed by atoms with Crippen LogP contribution in [0.25, 0.3) is 0 Å². The number of amides is 1. The third kappa shape index (κ3) is 7.32.